The molecule has 0 radical (unpaired) electrons. The van der Waals surface area contributed by atoms with Gasteiger partial charge in [-0.1, -0.05) is 29.4 Å². The Morgan fingerprint density at radius 1 is 0.458 bits per heavy atom. The van der Waals surface area contributed by atoms with Gasteiger partial charge in [0.15, 0.2) is 52.9 Å². The number of thiocarbonyl (C=S) groups is 2. The van der Waals surface area contributed by atoms with E-state index >= 15 is 0 Å². The number of H-pyrrole nitrogens is 1. The van der Waals surface area contributed by atoms with E-state index in [1.165, 1.54) is 87.2 Å². The van der Waals surface area contributed by atoms with E-state index in [1.807, 2.05) is 58.9 Å². The zero-order chi connectivity index (χ0) is 94.1. The Labute approximate surface area is 781 Å². The highest BCUT2D eigenvalue weighted by Crippen LogP contribution is 2.36. The van der Waals surface area contributed by atoms with Crippen LogP contribution in [0.15, 0.2) is 128 Å². The zero-order valence-electron chi connectivity index (χ0n) is 76.4. The van der Waals surface area contributed by atoms with Gasteiger partial charge < -0.3 is 73.1 Å². The summed E-state index contributed by atoms with van der Waals surface area (Å²) >= 11 is 15.8. The fourth-order valence-electron chi connectivity index (χ4n) is 11.6. The first kappa shape index (κ1) is 105. The van der Waals surface area contributed by atoms with Crippen LogP contribution in [-0.2, 0) is 28.5 Å². The molecule has 46 heteroatoms. The van der Waals surface area contributed by atoms with Crippen molar-refractivity contribution >= 4 is 122 Å². The van der Waals surface area contributed by atoms with Crippen LogP contribution in [0, 0.1) is 28.6 Å². The fraction of sp³-hybridized carbons (Fsp3) is 0.494. The van der Waals surface area contributed by atoms with Gasteiger partial charge in [0.2, 0.25) is 11.1 Å². The molecule has 0 unspecified atom stereocenters. The SMILES string of the molecule is C[C@H](N)c1ncnn1-c1ccc(NC(=S)CC2CC2)cn1.C[C@H](NC(=O)OC(C)(C)C)c1nc[nH][n+]1-c1ccc(N=O)cn1.C[C@H](NC(=O)OC(C)(C)C)c1ncnn1-c1ccc(N)cn1.C[C@H](NC(=O)OC(C)(C)C)c1ncnn1-c1ccc(NC(=O)CC2CC2)cn1.C[C@H](NC(=O)OC(C)(C)C)c1ncnn1-c1ccc(NC(=S)CC2CC2)cn1.Cl.O=C(Cl)CC1CC1.[OH-]. The number of halogens is 2. The quantitative estimate of drug-likeness (QED) is 0.00791. The second-order valence-corrected chi connectivity index (χ2v) is 36.6. The molecule has 4 fully saturated rings. The van der Waals surface area contributed by atoms with E-state index in [0.29, 0.717) is 94.3 Å². The number of aromatic nitrogens is 20. The predicted octanol–water partition coefficient (Wildman–Crippen LogP) is 14.7. The third-order valence-electron chi connectivity index (χ3n) is 18.3. The molecule has 4 saturated carbocycles. The molecule has 42 nitrogen and oxygen atoms in total. The number of anilines is 4. The number of pyridine rings is 5. The van der Waals surface area contributed by atoms with Crippen LogP contribution in [-0.4, -0.2) is 167 Å². The summed E-state index contributed by atoms with van der Waals surface area (Å²) in [5.41, 5.74) is 12.4. The van der Waals surface area contributed by atoms with Gasteiger partial charge in [-0.2, -0.15) is 39.1 Å². The van der Waals surface area contributed by atoms with Crippen molar-refractivity contribution in [2.75, 3.05) is 21.7 Å². The second kappa shape index (κ2) is 48.3. The standard InChI is InChI=1S/C19H26N6O3.C19H26N6O2S.C14H18N6O3.C14H20N6O2.C14H18N6S.C5H7ClO.ClH.H2O/c1-12(23-18(27)28-19(2,3)4)17-21-11-22-25(17)15-8-7-14(10-20-15)24-16(26)9-13-5-6-13;1-12(23-18(26)27-19(2,3)4)17-21-11-22-25(17)15-8-7-14(10-20-15)24-16(28)9-13-5-6-13;1-9(18-13(21)23-14(2,3)4)12-16-8-17-20(12)11-6-5-10(19-22)7-15-11;1-9(19-13(21)22-14(2,3)4)12-17-8-18-20(12)11-6-5-10(15)7-16-11;1-9(15)14-17-8-18-20(14)12-5-4-11(7-16-12)19-13(21)6-10-2-3-10;6-5(7)3-4-1-2-4;;/h7-8,10-13H,5-6,9H2,1-4H3,(H,23,27)(H,24,26);7-8,10-13H,5-6,9H2,1-4H3,(H,23,26)(H,24,28);5-9H,1-4H3,(H,18,21);5-9H,15H2,1-4H3,(H,19,21);4-5,7-10H,2-3,6,15H2,1H3,(H,19,21);4H,1-3H2;1H;1H2/t2*12-;3*9-;;;/m00000.../s1. The third kappa shape index (κ3) is 37.0. The molecular weight excluding hydrogens is 1770 g/mol. The fourth-order valence-corrected chi connectivity index (χ4v) is 12.6. The second-order valence-electron chi connectivity index (χ2n) is 35.2. The number of aromatic amines is 1. The molecule has 131 heavy (non-hydrogen) atoms. The summed E-state index contributed by atoms with van der Waals surface area (Å²) in [6.45, 7) is 30.7. The van der Waals surface area contributed by atoms with E-state index in [4.69, 9.17) is 66.5 Å². The Morgan fingerprint density at radius 3 is 1.10 bits per heavy atom. The number of hydrogen-bond acceptors (Lipinski definition) is 31. The number of hydrogen-bond donors (Lipinski definition) is 10. The number of amides is 5. The van der Waals surface area contributed by atoms with Gasteiger partial charge >= 0.3 is 24.4 Å². The van der Waals surface area contributed by atoms with Crippen LogP contribution in [0.2, 0.25) is 0 Å². The third-order valence-corrected chi connectivity index (χ3v) is 18.9. The lowest BCUT2D eigenvalue weighted by Crippen LogP contribution is -2.43. The van der Waals surface area contributed by atoms with Gasteiger partial charge in [-0.3, -0.25) is 9.59 Å². The van der Waals surface area contributed by atoms with Crippen LogP contribution in [0.25, 0.3) is 29.1 Å². The van der Waals surface area contributed by atoms with Gasteiger partial charge in [0.05, 0.1) is 81.7 Å². The molecule has 0 bridgehead atoms. The lowest BCUT2D eigenvalue weighted by molar-refractivity contribution is -0.669. The molecule has 0 aliphatic heterocycles. The minimum absolute atomic E-state index is 0. The number of rotatable bonds is 26. The van der Waals surface area contributed by atoms with Crippen molar-refractivity contribution in [1.29, 1.82) is 0 Å². The summed E-state index contributed by atoms with van der Waals surface area (Å²) in [6, 6.07) is 15.8. The van der Waals surface area contributed by atoms with E-state index in [0.717, 1.165) is 58.9 Å². The maximum atomic E-state index is 12.0. The first-order chi connectivity index (χ1) is 60.9. The molecule has 0 aromatic carbocycles. The van der Waals surface area contributed by atoms with E-state index in [-0.39, 0.29) is 40.8 Å². The van der Waals surface area contributed by atoms with Gasteiger partial charge in [-0.25, -0.2) is 64.1 Å². The van der Waals surface area contributed by atoms with E-state index in [2.05, 4.69) is 118 Å². The van der Waals surface area contributed by atoms with Crippen molar-refractivity contribution in [3.05, 3.63) is 157 Å². The Bertz CT molecular complexity index is 5220. The molecule has 14 rings (SSSR count). The normalized spacial score (nSPS) is 14.3. The molecule has 0 saturated heterocycles. The average molecular weight is 1890 g/mol. The molecule has 10 aromatic rings. The highest BCUT2D eigenvalue weighted by Gasteiger charge is 2.31. The Morgan fingerprint density at radius 2 is 0.794 bits per heavy atom. The molecule has 10 heterocycles. The predicted molar refractivity (Wildman–Crippen MR) is 499 cm³/mol. The molecule has 0 spiro atoms. The van der Waals surface area contributed by atoms with Crippen LogP contribution in [0.1, 0.15) is 254 Å². The van der Waals surface area contributed by atoms with Gasteiger partial charge in [0.25, 0.3) is 11.6 Å². The van der Waals surface area contributed by atoms with Gasteiger partial charge in [-0.15, -0.1) is 27.0 Å². The molecule has 4 aliphatic carbocycles. The minimum atomic E-state index is -0.585. The summed E-state index contributed by atoms with van der Waals surface area (Å²) in [6.07, 6.45) is 25.9. The monoisotopic (exact) mass is 1880 g/mol. The Kier molecular flexibility index (Phi) is 38.9. The summed E-state index contributed by atoms with van der Waals surface area (Å²) in [5.74, 6) is 8.46. The number of nitrogen functional groups attached to an aromatic ring is 1. The first-order valence-electron chi connectivity index (χ1n) is 42.2. The van der Waals surface area contributed by atoms with Gasteiger partial charge in [0, 0.05) is 31.7 Å². The van der Waals surface area contributed by atoms with Crippen LogP contribution in [0.5, 0.6) is 0 Å². The van der Waals surface area contributed by atoms with Crippen molar-refractivity contribution in [2.24, 2.45) is 34.6 Å². The molecule has 10 aromatic heterocycles. The van der Waals surface area contributed by atoms with Gasteiger partial charge in [-0.05, 0) is 264 Å². The van der Waals surface area contributed by atoms with Crippen LogP contribution in [0.4, 0.5) is 47.6 Å². The molecule has 5 atom stereocenters. The van der Waals surface area contributed by atoms with E-state index in [9.17, 15) is 33.7 Å². The van der Waals surface area contributed by atoms with Crippen molar-refractivity contribution in [3.8, 4) is 29.1 Å². The molecule has 706 valence electrons. The van der Waals surface area contributed by atoms with Crippen LogP contribution in [0.3, 0.4) is 0 Å². The van der Waals surface area contributed by atoms with Crippen molar-refractivity contribution < 1.29 is 57.9 Å². The summed E-state index contributed by atoms with van der Waals surface area (Å²) in [5, 5.41) is 42.5. The lowest BCUT2D eigenvalue weighted by Gasteiger charge is -2.21. The lowest BCUT2D eigenvalue weighted by atomic mass is 10.2. The minimum Gasteiger partial charge on any atom is -0.870 e. The highest BCUT2D eigenvalue weighted by molar-refractivity contribution is 7.80. The first-order valence-corrected chi connectivity index (χ1v) is 43.4. The molecule has 13 N–H and O–H groups in total. The number of nitrogens with one attached hydrogen (secondary N) is 8. The van der Waals surface area contributed by atoms with E-state index in [1.54, 1.807) is 157 Å². The topological polar surface area (TPSA) is 555 Å². The summed E-state index contributed by atoms with van der Waals surface area (Å²) in [4.78, 5) is 124. The maximum Gasteiger partial charge on any atom is 0.408 e. The number of ether oxygens (including phenoxy) is 4. The zero-order valence-corrected chi connectivity index (χ0v) is 79.6. The number of nitrogens with zero attached hydrogens (tertiary/aromatic N) is 20. The average Bonchev–Trinajstić information content (AvgIpc) is 1.72. The molecular formula is C85H118Cl2N30O12S2. The molecule has 4 aliphatic rings. The highest BCUT2D eigenvalue weighted by atomic mass is 35.5. The summed E-state index contributed by atoms with van der Waals surface area (Å²) in [7, 11) is 0. The number of nitrogens with two attached hydrogens (primary N) is 2. The maximum absolute atomic E-state index is 12.0. The largest absolute Gasteiger partial charge is 0.870 e. The van der Waals surface area contributed by atoms with Gasteiger partial charge in [0.1, 0.15) is 65.6 Å². The number of carbonyl (C=O) groups is 6. The smallest absolute Gasteiger partial charge is 0.408 e. The summed E-state index contributed by atoms with van der Waals surface area (Å²) < 4.78 is 28.9. The Balaban J connectivity index is 0.000000219. The van der Waals surface area contributed by atoms with Crippen molar-refractivity contribution in [3.63, 3.8) is 0 Å². The Hall–Kier alpha value is -12.7. The van der Waals surface area contributed by atoms with Crippen molar-refractivity contribution in [1.82, 2.24) is 115 Å². The van der Waals surface area contributed by atoms with E-state index < -0.39 is 70.9 Å². The van der Waals surface area contributed by atoms with Crippen LogP contribution < -0.4 is 53.4 Å². The number of carbonyl (C=O) groups excluding carboxylic acids is 6. The molecule has 5 amide bonds. The van der Waals surface area contributed by atoms with Crippen LogP contribution >= 0.6 is 48.4 Å². The number of nitroso groups, excluding NO2 is 1. The van der Waals surface area contributed by atoms with Crippen molar-refractivity contribution in [2.45, 2.75) is 247 Å². The number of alkyl carbamates (subject to hydrolysis) is 4.